The Morgan fingerprint density at radius 2 is 2.45 bits per heavy atom. The van der Waals surface area contributed by atoms with Gasteiger partial charge in [0.1, 0.15) is 6.04 Å². The smallest absolute Gasteiger partial charge is 0.241 e. The second-order valence-electron chi connectivity index (χ2n) is 2.52. The first kappa shape index (κ1) is 7.78. The molecule has 0 spiro atoms. The fourth-order valence-corrected chi connectivity index (χ4v) is 0.779. The minimum Gasteiger partial charge on any atom is -0.368 e. The number of nitrogens with two attached hydrogens (primary N) is 1. The molecule has 0 aromatic carbocycles. The quantitative estimate of drug-likeness (QED) is 0.661. The van der Waals surface area contributed by atoms with Gasteiger partial charge in [-0.2, -0.15) is 5.10 Å². The molecule has 0 fully saturated rings. The lowest BCUT2D eigenvalue weighted by Crippen LogP contribution is -2.24. The molecule has 1 atom stereocenters. The number of primary amides is 1. The van der Waals surface area contributed by atoms with Crippen molar-refractivity contribution in [2.24, 2.45) is 5.73 Å². The van der Waals surface area contributed by atoms with Gasteiger partial charge in [0.25, 0.3) is 0 Å². The predicted octanol–water partition coefficient (Wildman–Crippen LogP) is 0.238. The van der Waals surface area contributed by atoms with Gasteiger partial charge in [0.05, 0.1) is 5.69 Å². The van der Waals surface area contributed by atoms with E-state index in [4.69, 9.17) is 5.73 Å². The average Bonchev–Trinajstić information content (AvgIpc) is 2.34. The molecule has 0 aliphatic heterocycles. The summed E-state index contributed by atoms with van der Waals surface area (Å²) in [5, 5.41) is 4.05. The van der Waals surface area contributed by atoms with Crippen LogP contribution < -0.4 is 5.73 Å². The molecule has 60 valence electrons. The number of aryl methyl sites for hydroxylation is 1. The standard InChI is InChI=1S/C7H11N3O/c1-5-3-4-10(9-5)6(2)7(8)11/h3-4,6H,1-2H3,(H2,8,11)/t6-/m0/s1. The molecule has 1 aromatic rings. The van der Waals surface area contributed by atoms with Crippen LogP contribution in [0, 0.1) is 6.92 Å². The van der Waals surface area contributed by atoms with E-state index < -0.39 is 0 Å². The fourth-order valence-electron chi connectivity index (χ4n) is 0.779. The van der Waals surface area contributed by atoms with Crippen molar-refractivity contribution < 1.29 is 4.79 Å². The van der Waals surface area contributed by atoms with Crippen molar-refractivity contribution in [2.45, 2.75) is 19.9 Å². The van der Waals surface area contributed by atoms with Crippen LogP contribution in [0.2, 0.25) is 0 Å². The number of hydrogen-bond donors (Lipinski definition) is 1. The third kappa shape index (κ3) is 1.58. The zero-order valence-electron chi connectivity index (χ0n) is 6.61. The van der Waals surface area contributed by atoms with Gasteiger partial charge in [0, 0.05) is 6.20 Å². The van der Waals surface area contributed by atoms with Gasteiger partial charge in [0.15, 0.2) is 0 Å². The summed E-state index contributed by atoms with van der Waals surface area (Å²) in [7, 11) is 0. The molecule has 4 heteroatoms. The van der Waals surface area contributed by atoms with Crippen LogP contribution >= 0.6 is 0 Å². The largest absolute Gasteiger partial charge is 0.368 e. The summed E-state index contributed by atoms with van der Waals surface area (Å²) in [6.07, 6.45) is 1.74. The normalized spacial score (nSPS) is 12.9. The summed E-state index contributed by atoms with van der Waals surface area (Å²) in [5.41, 5.74) is 5.96. The van der Waals surface area contributed by atoms with Crippen LogP contribution in [0.1, 0.15) is 18.7 Å². The number of rotatable bonds is 2. The zero-order chi connectivity index (χ0) is 8.43. The van der Waals surface area contributed by atoms with Crippen LogP contribution in [-0.4, -0.2) is 15.7 Å². The molecule has 0 saturated carbocycles. The summed E-state index contributed by atoms with van der Waals surface area (Å²) >= 11 is 0. The first-order valence-corrected chi connectivity index (χ1v) is 3.42. The molecule has 2 N–H and O–H groups in total. The Kier molecular flexibility index (Phi) is 1.94. The third-order valence-corrected chi connectivity index (χ3v) is 1.55. The van der Waals surface area contributed by atoms with Crippen LogP contribution in [-0.2, 0) is 4.79 Å². The highest BCUT2D eigenvalue weighted by Crippen LogP contribution is 2.03. The van der Waals surface area contributed by atoms with Crippen LogP contribution in [0.4, 0.5) is 0 Å². The first-order valence-electron chi connectivity index (χ1n) is 3.42. The Bertz CT molecular complexity index is 266. The van der Waals surface area contributed by atoms with Crippen molar-refractivity contribution in [3.63, 3.8) is 0 Å². The molecule has 0 radical (unpaired) electrons. The van der Waals surface area contributed by atoms with Crippen LogP contribution in [0.3, 0.4) is 0 Å². The Hall–Kier alpha value is -1.32. The molecule has 0 saturated heterocycles. The summed E-state index contributed by atoms with van der Waals surface area (Å²) < 4.78 is 1.55. The number of carbonyl (C=O) groups is 1. The molecule has 1 amide bonds. The average molecular weight is 153 g/mol. The summed E-state index contributed by atoms with van der Waals surface area (Å²) in [5.74, 6) is -0.367. The molecule has 0 aliphatic carbocycles. The zero-order valence-corrected chi connectivity index (χ0v) is 6.61. The maximum atomic E-state index is 10.7. The minimum atomic E-state index is -0.367. The van der Waals surface area contributed by atoms with Gasteiger partial charge in [-0.25, -0.2) is 0 Å². The maximum absolute atomic E-state index is 10.7. The second-order valence-corrected chi connectivity index (χ2v) is 2.52. The van der Waals surface area contributed by atoms with Crippen molar-refractivity contribution in [1.29, 1.82) is 0 Å². The van der Waals surface area contributed by atoms with Gasteiger partial charge in [-0.3, -0.25) is 9.48 Å². The molecule has 1 heterocycles. The van der Waals surface area contributed by atoms with Gasteiger partial charge in [-0.15, -0.1) is 0 Å². The highest BCUT2D eigenvalue weighted by Gasteiger charge is 2.10. The number of carbonyl (C=O) groups excluding carboxylic acids is 1. The highest BCUT2D eigenvalue weighted by molar-refractivity contribution is 5.77. The van der Waals surface area contributed by atoms with Crippen LogP contribution in [0.25, 0.3) is 0 Å². The van der Waals surface area contributed by atoms with E-state index in [1.165, 1.54) is 0 Å². The number of hydrogen-bond acceptors (Lipinski definition) is 2. The van der Waals surface area contributed by atoms with E-state index in [0.717, 1.165) is 5.69 Å². The molecule has 1 aromatic heterocycles. The molecule has 0 bridgehead atoms. The fraction of sp³-hybridized carbons (Fsp3) is 0.429. The number of nitrogens with zero attached hydrogens (tertiary/aromatic N) is 2. The maximum Gasteiger partial charge on any atom is 0.241 e. The topological polar surface area (TPSA) is 60.9 Å². The van der Waals surface area contributed by atoms with Crippen molar-refractivity contribution >= 4 is 5.91 Å². The lowest BCUT2D eigenvalue weighted by Gasteiger charge is -2.05. The predicted molar refractivity (Wildman–Crippen MR) is 40.9 cm³/mol. The summed E-state index contributed by atoms with van der Waals surface area (Å²) in [6.45, 7) is 3.58. The molecule has 0 aliphatic rings. The number of amides is 1. The van der Waals surface area contributed by atoms with E-state index in [-0.39, 0.29) is 11.9 Å². The van der Waals surface area contributed by atoms with Gasteiger partial charge >= 0.3 is 0 Å². The van der Waals surface area contributed by atoms with Crippen molar-refractivity contribution in [3.05, 3.63) is 18.0 Å². The Morgan fingerprint density at radius 3 is 2.82 bits per heavy atom. The molecule has 4 nitrogen and oxygen atoms in total. The lowest BCUT2D eigenvalue weighted by atomic mass is 10.3. The third-order valence-electron chi connectivity index (χ3n) is 1.55. The van der Waals surface area contributed by atoms with Gasteiger partial charge in [-0.1, -0.05) is 0 Å². The molecular formula is C7H11N3O. The van der Waals surface area contributed by atoms with E-state index in [2.05, 4.69) is 5.10 Å². The van der Waals surface area contributed by atoms with E-state index in [1.54, 1.807) is 17.8 Å². The summed E-state index contributed by atoms with van der Waals surface area (Å²) in [6, 6.07) is 1.48. The van der Waals surface area contributed by atoms with Crippen LogP contribution in [0.15, 0.2) is 12.3 Å². The SMILES string of the molecule is Cc1ccn([C@@H](C)C(N)=O)n1. The van der Waals surface area contributed by atoms with Gasteiger partial charge in [-0.05, 0) is 19.9 Å². The Balaban J connectivity index is 2.84. The Morgan fingerprint density at radius 1 is 1.82 bits per heavy atom. The number of aromatic nitrogens is 2. The van der Waals surface area contributed by atoms with Crippen molar-refractivity contribution in [1.82, 2.24) is 9.78 Å². The molecule has 1 rings (SSSR count). The van der Waals surface area contributed by atoms with E-state index in [0.29, 0.717) is 0 Å². The first-order chi connectivity index (χ1) is 5.11. The monoisotopic (exact) mass is 153 g/mol. The minimum absolute atomic E-state index is 0.358. The van der Waals surface area contributed by atoms with Crippen molar-refractivity contribution in [2.75, 3.05) is 0 Å². The van der Waals surface area contributed by atoms with Gasteiger partial charge in [0.2, 0.25) is 5.91 Å². The van der Waals surface area contributed by atoms with Gasteiger partial charge < -0.3 is 5.73 Å². The second kappa shape index (κ2) is 2.74. The molecule has 11 heavy (non-hydrogen) atoms. The van der Waals surface area contributed by atoms with Crippen LogP contribution in [0.5, 0.6) is 0 Å². The Labute approximate surface area is 65.0 Å². The highest BCUT2D eigenvalue weighted by atomic mass is 16.1. The van der Waals surface area contributed by atoms with E-state index in [1.807, 2.05) is 13.0 Å². The van der Waals surface area contributed by atoms with E-state index in [9.17, 15) is 4.79 Å². The molecule has 0 unspecified atom stereocenters. The van der Waals surface area contributed by atoms with E-state index >= 15 is 0 Å². The summed E-state index contributed by atoms with van der Waals surface area (Å²) in [4.78, 5) is 10.7. The lowest BCUT2D eigenvalue weighted by molar-refractivity contribution is -0.120. The molecular weight excluding hydrogens is 142 g/mol. The van der Waals surface area contributed by atoms with Crippen molar-refractivity contribution in [3.8, 4) is 0 Å².